The summed E-state index contributed by atoms with van der Waals surface area (Å²) in [5.74, 6) is -9.46. The largest absolute Gasteiger partial charge is 0.479 e. The lowest BCUT2D eigenvalue weighted by atomic mass is 9.74. The van der Waals surface area contributed by atoms with E-state index in [0.717, 1.165) is 5.56 Å². The van der Waals surface area contributed by atoms with E-state index in [9.17, 15) is 49.8 Å². The van der Waals surface area contributed by atoms with E-state index in [2.05, 4.69) is 5.32 Å². The lowest BCUT2D eigenvalue weighted by Crippen LogP contribution is -2.77. The fraction of sp³-hybridized carbons (Fsp3) is 0.520. The molecule has 208 valence electrons. The van der Waals surface area contributed by atoms with Gasteiger partial charge in [-0.05, 0) is 24.3 Å². The van der Waals surface area contributed by atoms with Crippen LogP contribution < -0.4 is 5.32 Å². The van der Waals surface area contributed by atoms with Crippen LogP contribution in [0.25, 0.3) is 0 Å². The van der Waals surface area contributed by atoms with E-state index < -0.39 is 59.6 Å². The number of aliphatic hydroxyl groups is 3. The van der Waals surface area contributed by atoms with Crippen LogP contribution in [0.5, 0.6) is 0 Å². The van der Waals surface area contributed by atoms with E-state index in [1.807, 2.05) is 43.3 Å². The second-order valence-corrected chi connectivity index (χ2v) is 9.65. The first kappa shape index (κ1) is 29.2. The van der Waals surface area contributed by atoms with Crippen LogP contribution in [0, 0.1) is 5.92 Å². The highest BCUT2D eigenvalue weighted by Crippen LogP contribution is 2.54. The number of ether oxygens (including phenoxy) is 2. The number of aliphatic carboxylic acids is 3. The van der Waals surface area contributed by atoms with Gasteiger partial charge < -0.3 is 45.4 Å². The van der Waals surface area contributed by atoms with Gasteiger partial charge in [0.25, 0.3) is 0 Å². The van der Waals surface area contributed by atoms with Crippen LogP contribution in [0.15, 0.2) is 42.0 Å². The smallest absolute Gasteiger partial charge is 0.343 e. The van der Waals surface area contributed by atoms with Crippen molar-refractivity contribution in [2.24, 2.45) is 5.92 Å². The van der Waals surface area contributed by atoms with Gasteiger partial charge in [-0.15, -0.1) is 0 Å². The normalized spacial score (nSPS) is 33.4. The first-order chi connectivity index (χ1) is 17.7. The van der Waals surface area contributed by atoms with Gasteiger partial charge in [0, 0.05) is 19.9 Å². The van der Waals surface area contributed by atoms with Crippen molar-refractivity contribution in [1.82, 2.24) is 5.32 Å². The third-order valence-electron chi connectivity index (χ3n) is 6.91. The van der Waals surface area contributed by atoms with Gasteiger partial charge in [0.05, 0.1) is 0 Å². The van der Waals surface area contributed by atoms with Crippen molar-refractivity contribution in [3.05, 3.63) is 47.5 Å². The van der Waals surface area contributed by atoms with Gasteiger partial charge in [0.2, 0.25) is 23.2 Å². The molecule has 1 aromatic carbocycles. The van der Waals surface area contributed by atoms with Crippen molar-refractivity contribution >= 4 is 23.8 Å². The van der Waals surface area contributed by atoms with Crippen LogP contribution in [0.2, 0.25) is 0 Å². The van der Waals surface area contributed by atoms with Crippen LogP contribution in [0.3, 0.4) is 0 Å². The molecule has 2 fully saturated rings. The predicted octanol–water partition coefficient (Wildman–Crippen LogP) is -0.721. The Morgan fingerprint density at radius 3 is 2.21 bits per heavy atom. The highest BCUT2D eigenvalue weighted by Gasteiger charge is 2.84. The summed E-state index contributed by atoms with van der Waals surface area (Å²) in [5, 5.41) is 64.0. The molecule has 1 aromatic rings. The number of rotatable bonds is 11. The zero-order chi connectivity index (χ0) is 28.5. The second kappa shape index (κ2) is 10.8. The molecule has 1 amide bonds. The minimum Gasteiger partial charge on any atom is -0.479 e. The summed E-state index contributed by atoms with van der Waals surface area (Å²) in [6.07, 6.45) is -5.52. The molecule has 0 saturated carbocycles. The van der Waals surface area contributed by atoms with Crippen molar-refractivity contribution in [2.45, 2.75) is 68.4 Å². The van der Waals surface area contributed by atoms with Crippen molar-refractivity contribution < 1.29 is 59.3 Å². The number of allylic oxidation sites excluding steroid dienone is 1. The number of hydrogen-bond acceptors (Lipinski definition) is 9. The summed E-state index contributed by atoms with van der Waals surface area (Å²) < 4.78 is 10.7. The van der Waals surface area contributed by atoms with Crippen molar-refractivity contribution in [2.75, 3.05) is 6.54 Å². The number of aliphatic hydroxyl groups excluding tert-OH is 2. The topological polar surface area (TPSA) is 220 Å². The van der Waals surface area contributed by atoms with Gasteiger partial charge in [-0.3, -0.25) is 4.79 Å². The molecule has 0 spiro atoms. The van der Waals surface area contributed by atoms with Crippen LogP contribution in [0.4, 0.5) is 0 Å². The van der Waals surface area contributed by atoms with Crippen LogP contribution in [0.1, 0.15) is 32.3 Å². The average molecular weight is 538 g/mol. The molecular formula is C25H31NO12. The molecule has 2 aliphatic rings. The molecule has 0 unspecified atom stereocenters. The van der Waals surface area contributed by atoms with Crippen molar-refractivity contribution in [3.8, 4) is 0 Å². The lowest BCUT2D eigenvalue weighted by molar-refractivity contribution is -0.373. The number of benzene rings is 1. The zero-order valence-electron chi connectivity index (χ0n) is 20.7. The molecule has 0 radical (unpaired) electrons. The van der Waals surface area contributed by atoms with Gasteiger partial charge in [0.15, 0.2) is 5.79 Å². The lowest BCUT2D eigenvalue weighted by Gasteiger charge is -2.48. The fourth-order valence-electron chi connectivity index (χ4n) is 5.07. The van der Waals surface area contributed by atoms with E-state index in [1.165, 1.54) is 6.92 Å². The van der Waals surface area contributed by atoms with Crippen LogP contribution >= 0.6 is 0 Å². The van der Waals surface area contributed by atoms with Crippen LogP contribution in [-0.4, -0.2) is 96.3 Å². The minimum absolute atomic E-state index is 0.0449. The zero-order valence-corrected chi connectivity index (χ0v) is 20.7. The molecule has 13 nitrogen and oxygen atoms in total. The third kappa shape index (κ3) is 4.90. The second-order valence-electron chi connectivity index (χ2n) is 9.65. The van der Waals surface area contributed by atoms with Gasteiger partial charge in [0.1, 0.15) is 12.2 Å². The monoisotopic (exact) mass is 537 g/mol. The number of carboxylic acid groups (broad SMARTS) is 3. The Morgan fingerprint density at radius 1 is 1.05 bits per heavy atom. The summed E-state index contributed by atoms with van der Waals surface area (Å²) in [5.41, 5.74) is -5.61. The number of nitrogens with one attached hydrogen (secondary N) is 1. The number of amides is 1. The molecule has 0 aromatic heterocycles. The Labute approximate surface area is 217 Å². The maximum absolute atomic E-state index is 12.2. The summed E-state index contributed by atoms with van der Waals surface area (Å²) in [7, 11) is 0. The number of carboxylic acids is 3. The molecule has 3 rings (SSSR count). The van der Waals surface area contributed by atoms with E-state index in [4.69, 9.17) is 9.47 Å². The fourth-order valence-corrected chi connectivity index (χ4v) is 5.07. The number of carbonyl (C=O) groups excluding carboxylic acids is 1. The molecule has 2 bridgehead atoms. The first-order valence-electron chi connectivity index (χ1n) is 11.8. The van der Waals surface area contributed by atoms with Crippen molar-refractivity contribution in [3.63, 3.8) is 0 Å². The summed E-state index contributed by atoms with van der Waals surface area (Å²) in [6, 6.07) is 9.54. The average Bonchev–Trinajstić information content (AvgIpc) is 3.04. The highest BCUT2D eigenvalue weighted by molar-refractivity contribution is 5.97. The highest BCUT2D eigenvalue weighted by atomic mass is 16.8. The van der Waals surface area contributed by atoms with E-state index in [-0.39, 0.29) is 24.8 Å². The summed E-state index contributed by atoms with van der Waals surface area (Å²) in [4.78, 5) is 47.7. The third-order valence-corrected chi connectivity index (χ3v) is 6.91. The quantitative estimate of drug-likeness (QED) is 0.174. The Balaban J connectivity index is 1.96. The number of fused-ring (bicyclic) bond motifs is 2. The minimum atomic E-state index is -3.79. The Hall–Kier alpha value is -3.36. The standard InChI is InChI=1S/C25H31NO12/c1-13(10-15-6-4-3-5-7-15)11-16(12-26-14(2)27)8-9-23-17(28)18(29)25(38-23,22(34)35)24(36,21(32)33)19(37-23)20(30)31/h3-7,11,13,17-19,28-29,36H,8-10,12H2,1-2H3,(H,26,27)(H,30,31)(H,32,33)(H,34,35)/b16-11-/t13-,17-,18-,19-,23+,24-,25+/m1/s1. The molecule has 7 atom stereocenters. The Bertz CT molecular complexity index is 1120. The van der Waals surface area contributed by atoms with E-state index in [0.29, 0.717) is 12.0 Å². The number of carbonyl (C=O) groups is 4. The Morgan fingerprint density at radius 2 is 1.68 bits per heavy atom. The van der Waals surface area contributed by atoms with Gasteiger partial charge in [-0.1, -0.05) is 48.9 Å². The SMILES string of the molecule is CC(=O)NC/C(=C\[C@H](C)Cc1ccccc1)CC[C@]12O[C@H](C(=O)O)[C@@](O)(C(=O)O)[C@](C(=O)O)(O1)[C@H](O)[C@H]2O. The van der Waals surface area contributed by atoms with Gasteiger partial charge in [-0.25, -0.2) is 14.4 Å². The van der Waals surface area contributed by atoms with Gasteiger partial charge >= 0.3 is 17.9 Å². The summed E-state index contributed by atoms with van der Waals surface area (Å²) in [6.45, 7) is 3.28. The molecule has 0 aliphatic carbocycles. The maximum atomic E-state index is 12.2. The number of hydrogen-bond donors (Lipinski definition) is 7. The molecule has 2 aliphatic heterocycles. The molecular weight excluding hydrogens is 506 g/mol. The van der Waals surface area contributed by atoms with Crippen LogP contribution in [-0.2, 0) is 35.1 Å². The van der Waals surface area contributed by atoms with Gasteiger partial charge in [-0.2, -0.15) is 0 Å². The van der Waals surface area contributed by atoms with Crippen molar-refractivity contribution in [1.29, 1.82) is 0 Å². The molecule has 2 saturated heterocycles. The molecule has 38 heavy (non-hydrogen) atoms. The molecule has 13 heteroatoms. The maximum Gasteiger partial charge on any atom is 0.343 e. The van der Waals surface area contributed by atoms with E-state index in [1.54, 1.807) is 0 Å². The summed E-state index contributed by atoms with van der Waals surface area (Å²) >= 11 is 0. The predicted molar refractivity (Wildman–Crippen MR) is 127 cm³/mol. The Kier molecular flexibility index (Phi) is 8.29. The van der Waals surface area contributed by atoms with E-state index >= 15 is 0 Å². The molecule has 7 N–H and O–H groups in total. The molecule has 2 heterocycles. The first-order valence-corrected chi connectivity index (χ1v) is 11.8.